The highest BCUT2D eigenvalue weighted by Crippen LogP contribution is 2.22. The predicted molar refractivity (Wildman–Crippen MR) is 88.9 cm³/mol. The third kappa shape index (κ3) is 3.23. The zero-order chi connectivity index (χ0) is 17.1. The van der Waals surface area contributed by atoms with Crippen molar-refractivity contribution in [3.05, 3.63) is 48.8 Å². The minimum Gasteiger partial charge on any atom is -0.497 e. The first-order chi connectivity index (χ1) is 11.6. The number of nitrogens with zero attached hydrogens (tertiary/aromatic N) is 2. The van der Waals surface area contributed by atoms with E-state index in [0.717, 1.165) is 0 Å². The van der Waals surface area contributed by atoms with Gasteiger partial charge in [-0.2, -0.15) is 0 Å². The molecular weight excluding hydrogens is 330 g/mol. The van der Waals surface area contributed by atoms with Crippen LogP contribution >= 0.6 is 0 Å². The topological polar surface area (TPSA) is 81.9 Å². The van der Waals surface area contributed by atoms with E-state index in [0.29, 0.717) is 27.0 Å². The molecule has 0 saturated carbocycles. The molecule has 1 atom stereocenters. The summed E-state index contributed by atoms with van der Waals surface area (Å²) < 4.78 is 24.1. The first-order valence-electron chi connectivity index (χ1n) is 7.00. The smallest absolute Gasteiger partial charge is 0.412 e. The van der Waals surface area contributed by atoms with E-state index in [-0.39, 0.29) is 0 Å². The molecule has 124 valence electrons. The van der Waals surface area contributed by atoms with E-state index in [4.69, 9.17) is 4.74 Å². The number of pyridine rings is 1. The molecule has 0 bridgehead atoms. The molecule has 0 aliphatic rings. The molecule has 3 rings (SSSR count). The Kier molecular flexibility index (Phi) is 4.48. The lowest BCUT2D eigenvalue weighted by Crippen LogP contribution is -2.10. The zero-order valence-electron chi connectivity index (χ0n) is 13.1. The Hall–Kier alpha value is -2.87. The summed E-state index contributed by atoms with van der Waals surface area (Å²) in [5, 5.41) is 2.49. The molecule has 1 unspecified atom stereocenters. The number of rotatable bonds is 4. The molecule has 0 fully saturated rings. The van der Waals surface area contributed by atoms with Crippen molar-refractivity contribution in [3.8, 4) is 5.75 Å². The van der Waals surface area contributed by atoms with E-state index in [9.17, 15) is 9.00 Å². The fourth-order valence-electron chi connectivity index (χ4n) is 2.15. The molecule has 8 heteroatoms. The Morgan fingerprint density at radius 2 is 2.00 bits per heavy atom. The number of aromatic nitrogens is 2. The van der Waals surface area contributed by atoms with Gasteiger partial charge in [-0.15, -0.1) is 0 Å². The van der Waals surface area contributed by atoms with Crippen LogP contribution in [0, 0.1) is 0 Å². The summed E-state index contributed by atoms with van der Waals surface area (Å²) in [6.45, 7) is 0. The number of hydrogen-bond donors (Lipinski definition) is 1. The van der Waals surface area contributed by atoms with Crippen LogP contribution in [-0.2, 0) is 15.5 Å². The van der Waals surface area contributed by atoms with Crippen molar-refractivity contribution >= 4 is 28.4 Å². The summed E-state index contributed by atoms with van der Waals surface area (Å²) in [6, 6.07) is 10.6. The monoisotopic (exact) mass is 345 g/mol. The van der Waals surface area contributed by atoms with Crippen molar-refractivity contribution in [1.29, 1.82) is 0 Å². The number of nitrogens with one attached hydrogen (secondary N) is 1. The number of amides is 1. The highest BCUT2D eigenvalue weighted by atomic mass is 32.2. The van der Waals surface area contributed by atoms with Gasteiger partial charge in [0, 0.05) is 11.1 Å². The molecule has 0 radical (unpaired) electrons. The first-order valence-corrected chi connectivity index (χ1v) is 8.15. The van der Waals surface area contributed by atoms with Crippen LogP contribution in [0.15, 0.2) is 58.6 Å². The van der Waals surface area contributed by atoms with Gasteiger partial charge in [0.15, 0.2) is 5.82 Å². The van der Waals surface area contributed by atoms with E-state index in [1.807, 2.05) is 0 Å². The number of carbonyl (C=O) groups is 1. The average molecular weight is 345 g/mol. The van der Waals surface area contributed by atoms with Gasteiger partial charge in [-0.05, 0) is 30.3 Å². The summed E-state index contributed by atoms with van der Waals surface area (Å²) in [5.41, 5.74) is 0.618. The molecule has 1 aromatic carbocycles. The Morgan fingerprint density at radius 3 is 2.75 bits per heavy atom. The molecule has 0 saturated heterocycles. The number of methoxy groups -OCH3 is 2. The largest absolute Gasteiger partial charge is 0.497 e. The zero-order valence-corrected chi connectivity index (χ0v) is 13.9. The molecule has 0 aliphatic carbocycles. The van der Waals surface area contributed by atoms with Crippen molar-refractivity contribution in [3.63, 3.8) is 0 Å². The molecule has 2 aromatic heterocycles. The third-order valence-electron chi connectivity index (χ3n) is 3.31. The van der Waals surface area contributed by atoms with Gasteiger partial charge in [0.1, 0.15) is 11.4 Å². The molecule has 7 nitrogen and oxygen atoms in total. The van der Waals surface area contributed by atoms with Crippen molar-refractivity contribution in [2.45, 2.75) is 9.79 Å². The number of fused-ring (bicyclic) bond motifs is 1. The van der Waals surface area contributed by atoms with Gasteiger partial charge in [0.2, 0.25) is 0 Å². The lowest BCUT2D eigenvalue weighted by Gasteiger charge is -2.05. The van der Waals surface area contributed by atoms with Gasteiger partial charge >= 0.3 is 6.09 Å². The minimum absolute atomic E-state index is 0.353. The SMILES string of the molecule is COC(=O)Nc1cn2cc(S(=O)c3cccc(OC)c3)ccc2n1. The van der Waals surface area contributed by atoms with Crippen molar-refractivity contribution in [1.82, 2.24) is 9.38 Å². The van der Waals surface area contributed by atoms with Gasteiger partial charge in [-0.3, -0.25) is 5.32 Å². The second-order valence-corrected chi connectivity index (χ2v) is 6.30. The summed E-state index contributed by atoms with van der Waals surface area (Å²) in [5.74, 6) is 1.00. The third-order valence-corrected chi connectivity index (χ3v) is 4.66. The normalized spacial score (nSPS) is 11.9. The maximum Gasteiger partial charge on any atom is 0.412 e. The fourth-order valence-corrected chi connectivity index (χ4v) is 3.25. The summed E-state index contributed by atoms with van der Waals surface area (Å²) in [7, 11) is 1.48. The Bertz CT molecular complexity index is 923. The highest BCUT2D eigenvalue weighted by molar-refractivity contribution is 7.85. The van der Waals surface area contributed by atoms with E-state index in [2.05, 4.69) is 15.0 Å². The number of anilines is 1. The standard InChI is InChI=1S/C16H15N3O4S/c1-22-11-4-3-5-12(8-11)24(21)13-6-7-15-17-14(10-19(15)9-13)18-16(20)23-2/h3-10H,1-2H3,(H,18,20). The van der Waals surface area contributed by atoms with Crippen LogP contribution in [0.3, 0.4) is 0 Å². The van der Waals surface area contributed by atoms with Crippen LogP contribution in [0.1, 0.15) is 0 Å². The summed E-state index contributed by atoms with van der Waals surface area (Å²) >= 11 is 0. The number of hydrogen-bond acceptors (Lipinski definition) is 5. The van der Waals surface area contributed by atoms with Crippen molar-refractivity contribution < 1.29 is 18.5 Å². The number of imidazole rings is 1. The van der Waals surface area contributed by atoms with E-state index in [1.54, 1.807) is 60.3 Å². The van der Waals surface area contributed by atoms with Crippen molar-refractivity contribution in [2.75, 3.05) is 19.5 Å². The van der Waals surface area contributed by atoms with E-state index in [1.165, 1.54) is 7.11 Å². The molecule has 3 aromatic rings. The lowest BCUT2D eigenvalue weighted by molar-refractivity contribution is 0.187. The molecule has 0 spiro atoms. The van der Waals surface area contributed by atoms with Crippen LogP contribution in [0.2, 0.25) is 0 Å². The van der Waals surface area contributed by atoms with Gasteiger partial charge in [0.05, 0.1) is 36.1 Å². The molecule has 0 aliphatic heterocycles. The summed E-state index contributed by atoms with van der Waals surface area (Å²) in [6.07, 6.45) is 2.73. The van der Waals surface area contributed by atoms with Gasteiger partial charge in [-0.25, -0.2) is 14.0 Å². The number of carbonyl (C=O) groups excluding carboxylic acids is 1. The maximum atomic E-state index is 12.7. The minimum atomic E-state index is -1.36. The molecule has 1 amide bonds. The Labute approximate surface area is 140 Å². The molecule has 24 heavy (non-hydrogen) atoms. The van der Waals surface area contributed by atoms with Crippen LogP contribution < -0.4 is 10.1 Å². The van der Waals surface area contributed by atoms with Gasteiger partial charge < -0.3 is 13.9 Å². The fraction of sp³-hybridized carbons (Fsp3) is 0.125. The maximum absolute atomic E-state index is 12.7. The number of benzene rings is 1. The van der Waals surface area contributed by atoms with E-state index >= 15 is 0 Å². The first kappa shape index (κ1) is 16.0. The quantitative estimate of drug-likeness (QED) is 0.786. The van der Waals surface area contributed by atoms with Gasteiger partial charge in [0.25, 0.3) is 0 Å². The number of ether oxygens (including phenoxy) is 2. The second-order valence-electron chi connectivity index (χ2n) is 4.82. The van der Waals surface area contributed by atoms with Crippen molar-refractivity contribution in [2.24, 2.45) is 0 Å². The highest BCUT2D eigenvalue weighted by Gasteiger charge is 2.11. The molecule has 1 N–H and O–H groups in total. The van der Waals surface area contributed by atoms with Crippen LogP contribution in [0.4, 0.5) is 10.6 Å². The Morgan fingerprint density at radius 1 is 1.17 bits per heavy atom. The second kappa shape index (κ2) is 6.71. The molecule has 2 heterocycles. The van der Waals surface area contributed by atoms with E-state index < -0.39 is 16.9 Å². The van der Waals surface area contributed by atoms with Crippen LogP contribution in [-0.4, -0.2) is 33.9 Å². The van der Waals surface area contributed by atoms with Crippen LogP contribution in [0.25, 0.3) is 5.65 Å². The van der Waals surface area contributed by atoms with Crippen LogP contribution in [0.5, 0.6) is 5.75 Å². The lowest BCUT2D eigenvalue weighted by atomic mass is 10.3. The summed E-state index contributed by atoms with van der Waals surface area (Å²) in [4.78, 5) is 16.7. The average Bonchev–Trinajstić information content (AvgIpc) is 3.02. The predicted octanol–water partition coefficient (Wildman–Crippen LogP) is 2.69. The molecular formula is C16H15N3O4S. The Balaban J connectivity index is 1.92. The van der Waals surface area contributed by atoms with Gasteiger partial charge in [-0.1, -0.05) is 6.07 Å².